The largest absolute Gasteiger partial charge is 0.486 e. The second-order valence-electron chi connectivity index (χ2n) is 8.56. The van der Waals surface area contributed by atoms with E-state index in [4.69, 9.17) is 9.47 Å². The lowest BCUT2D eigenvalue weighted by atomic mass is 10.00. The number of hydrogen-bond donors (Lipinski definition) is 1. The Kier molecular flexibility index (Phi) is 9.04. The van der Waals surface area contributed by atoms with E-state index in [1.54, 1.807) is 18.2 Å². The first-order valence-electron chi connectivity index (χ1n) is 11.8. The zero-order valence-corrected chi connectivity index (χ0v) is 20.2. The standard InChI is InChI=1S/C23H37N3O5S/c1-3-19-8-4-5-13-25(19)14-7-12-24-23(27)9-6-15-26(32(2,28)29)20-10-11-21-22(18-20)31-17-16-30-21/h10-11,18-19H,3-9,12-17H2,1-2H3,(H,24,27)/t19-/m1/s1. The Hall–Kier alpha value is -2.00. The van der Waals surface area contributed by atoms with Gasteiger partial charge in [0.05, 0.1) is 11.9 Å². The van der Waals surface area contributed by atoms with Crippen molar-refractivity contribution < 1.29 is 22.7 Å². The molecule has 1 atom stereocenters. The summed E-state index contributed by atoms with van der Waals surface area (Å²) in [5.41, 5.74) is 0.518. The Morgan fingerprint density at radius 1 is 1.19 bits per heavy atom. The van der Waals surface area contributed by atoms with Crippen molar-refractivity contribution >= 4 is 21.6 Å². The fourth-order valence-corrected chi connectivity index (χ4v) is 5.43. The minimum atomic E-state index is -3.48. The van der Waals surface area contributed by atoms with Gasteiger partial charge in [0.25, 0.3) is 0 Å². The van der Waals surface area contributed by atoms with Gasteiger partial charge in [0.15, 0.2) is 11.5 Å². The second-order valence-corrected chi connectivity index (χ2v) is 10.5. The molecule has 1 fully saturated rings. The first-order valence-corrected chi connectivity index (χ1v) is 13.6. The highest BCUT2D eigenvalue weighted by Gasteiger charge is 2.22. The van der Waals surface area contributed by atoms with Crippen LogP contribution in [0.1, 0.15) is 51.9 Å². The monoisotopic (exact) mass is 467 g/mol. The van der Waals surface area contributed by atoms with Crippen LogP contribution in [0.15, 0.2) is 18.2 Å². The van der Waals surface area contributed by atoms with Crippen molar-refractivity contribution in [3.63, 3.8) is 0 Å². The molecule has 1 aromatic carbocycles. The summed E-state index contributed by atoms with van der Waals surface area (Å²) < 4.78 is 37.1. The lowest BCUT2D eigenvalue weighted by Gasteiger charge is -2.35. The van der Waals surface area contributed by atoms with Gasteiger partial charge < -0.3 is 19.7 Å². The number of anilines is 1. The lowest BCUT2D eigenvalue weighted by Crippen LogP contribution is -2.40. The second kappa shape index (κ2) is 11.7. The number of rotatable bonds is 11. The number of amides is 1. The number of likely N-dealkylation sites (tertiary alicyclic amines) is 1. The molecule has 0 aliphatic carbocycles. The summed E-state index contributed by atoms with van der Waals surface area (Å²) in [6, 6.07) is 5.79. The molecule has 2 aliphatic rings. The molecule has 0 aromatic heterocycles. The van der Waals surface area contributed by atoms with E-state index in [0.717, 1.165) is 19.5 Å². The van der Waals surface area contributed by atoms with Gasteiger partial charge in [0.2, 0.25) is 15.9 Å². The maximum absolute atomic E-state index is 12.3. The minimum Gasteiger partial charge on any atom is -0.486 e. The predicted octanol–water partition coefficient (Wildman–Crippen LogP) is 2.77. The third-order valence-electron chi connectivity index (χ3n) is 6.14. The Balaban J connectivity index is 1.42. The van der Waals surface area contributed by atoms with E-state index in [0.29, 0.717) is 49.4 Å². The quantitative estimate of drug-likeness (QED) is 0.504. The number of carbonyl (C=O) groups is 1. The molecule has 180 valence electrons. The molecule has 0 radical (unpaired) electrons. The molecule has 9 heteroatoms. The van der Waals surface area contributed by atoms with Crippen LogP contribution in [0.3, 0.4) is 0 Å². The maximum atomic E-state index is 12.3. The van der Waals surface area contributed by atoms with Gasteiger partial charge in [0, 0.05) is 38.2 Å². The van der Waals surface area contributed by atoms with Crippen LogP contribution in [0, 0.1) is 0 Å². The van der Waals surface area contributed by atoms with Crippen molar-refractivity contribution in [2.24, 2.45) is 0 Å². The molecule has 2 heterocycles. The summed E-state index contributed by atoms with van der Waals surface area (Å²) in [6.07, 6.45) is 7.90. The number of ether oxygens (including phenoxy) is 2. The number of nitrogens with one attached hydrogen (secondary N) is 1. The molecule has 1 saturated heterocycles. The van der Waals surface area contributed by atoms with Gasteiger partial charge >= 0.3 is 0 Å². The molecule has 1 aromatic rings. The summed E-state index contributed by atoms with van der Waals surface area (Å²) in [5.74, 6) is 1.12. The molecule has 2 aliphatic heterocycles. The average Bonchev–Trinajstić information content (AvgIpc) is 2.78. The van der Waals surface area contributed by atoms with Crippen LogP contribution in [-0.4, -0.2) is 70.9 Å². The van der Waals surface area contributed by atoms with Gasteiger partial charge in [-0.25, -0.2) is 8.42 Å². The van der Waals surface area contributed by atoms with E-state index in [-0.39, 0.29) is 18.9 Å². The van der Waals surface area contributed by atoms with Crippen LogP contribution < -0.4 is 19.1 Å². The molecule has 0 saturated carbocycles. The van der Waals surface area contributed by atoms with E-state index < -0.39 is 10.0 Å². The summed E-state index contributed by atoms with van der Waals surface area (Å²) >= 11 is 0. The fraction of sp³-hybridized carbons (Fsp3) is 0.696. The number of sulfonamides is 1. The normalized spacial score (nSPS) is 18.9. The first-order chi connectivity index (χ1) is 15.4. The molecule has 32 heavy (non-hydrogen) atoms. The predicted molar refractivity (Wildman–Crippen MR) is 126 cm³/mol. The van der Waals surface area contributed by atoms with Gasteiger partial charge in [0.1, 0.15) is 13.2 Å². The van der Waals surface area contributed by atoms with Gasteiger partial charge in [-0.2, -0.15) is 0 Å². The Bertz CT molecular complexity index is 861. The third kappa shape index (κ3) is 7.00. The topological polar surface area (TPSA) is 88.2 Å². The lowest BCUT2D eigenvalue weighted by molar-refractivity contribution is -0.121. The highest BCUT2D eigenvalue weighted by molar-refractivity contribution is 7.92. The number of benzene rings is 1. The molecule has 0 unspecified atom stereocenters. The summed E-state index contributed by atoms with van der Waals surface area (Å²) in [5, 5.41) is 2.98. The van der Waals surface area contributed by atoms with Crippen molar-refractivity contribution in [3.05, 3.63) is 18.2 Å². The van der Waals surface area contributed by atoms with Crippen LogP contribution in [0.5, 0.6) is 11.5 Å². The van der Waals surface area contributed by atoms with E-state index in [9.17, 15) is 13.2 Å². The Morgan fingerprint density at radius 3 is 2.72 bits per heavy atom. The summed E-state index contributed by atoms with van der Waals surface area (Å²) in [6.45, 7) is 6.23. The SMILES string of the molecule is CC[C@@H]1CCCCN1CCCNC(=O)CCCN(c1ccc2c(c1)OCCO2)S(C)(=O)=O. The van der Waals surface area contributed by atoms with Crippen LogP contribution >= 0.6 is 0 Å². The number of fused-ring (bicyclic) bond motifs is 1. The number of nitrogens with zero attached hydrogens (tertiary/aromatic N) is 2. The molecule has 0 bridgehead atoms. The highest BCUT2D eigenvalue weighted by Crippen LogP contribution is 2.34. The van der Waals surface area contributed by atoms with Crippen molar-refractivity contribution in [3.8, 4) is 11.5 Å². The van der Waals surface area contributed by atoms with Crippen molar-refractivity contribution in [1.29, 1.82) is 0 Å². The zero-order valence-electron chi connectivity index (χ0n) is 19.3. The van der Waals surface area contributed by atoms with Crippen molar-refractivity contribution in [2.75, 3.05) is 50.0 Å². The van der Waals surface area contributed by atoms with Gasteiger partial charge in [-0.3, -0.25) is 9.10 Å². The maximum Gasteiger partial charge on any atom is 0.232 e. The molecule has 1 amide bonds. The van der Waals surface area contributed by atoms with Crippen LogP contribution in [-0.2, 0) is 14.8 Å². The third-order valence-corrected chi connectivity index (χ3v) is 7.34. The highest BCUT2D eigenvalue weighted by atomic mass is 32.2. The summed E-state index contributed by atoms with van der Waals surface area (Å²) in [7, 11) is -3.48. The molecule has 0 spiro atoms. The molecular formula is C23H37N3O5S. The molecule has 8 nitrogen and oxygen atoms in total. The molecule has 1 N–H and O–H groups in total. The number of carbonyl (C=O) groups excluding carboxylic acids is 1. The first kappa shape index (κ1) is 24.6. The number of piperidine rings is 1. The van der Waals surface area contributed by atoms with E-state index in [2.05, 4.69) is 17.1 Å². The van der Waals surface area contributed by atoms with E-state index in [1.165, 1.54) is 36.2 Å². The van der Waals surface area contributed by atoms with Gasteiger partial charge in [-0.05, 0) is 50.8 Å². The smallest absolute Gasteiger partial charge is 0.232 e. The average molecular weight is 468 g/mol. The van der Waals surface area contributed by atoms with Gasteiger partial charge in [-0.1, -0.05) is 13.3 Å². The van der Waals surface area contributed by atoms with Gasteiger partial charge in [-0.15, -0.1) is 0 Å². The van der Waals surface area contributed by atoms with Crippen molar-refractivity contribution in [2.45, 2.75) is 57.9 Å². The Labute approximate surface area is 192 Å². The van der Waals surface area contributed by atoms with Crippen molar-refractivity contribution in [1.82, 2.24) is 10.2 Å². The van der Waals surface area contributed by atoms with E-state index in [1.807, 2.05) is 0 Å². The Morgan fingerprint density at radius 2 is 1.97 bits per heavy atom. The fourth-order valence-electron chi connectivity index (χ4n) is 4.47. The zero-order chi connectivity index (χ0) is 23.0. The van der Waals surface area contributed by atoms with Crippen LogP contribution in [0.4, 0.5) is 5.69 Å². The minimum absolute atomic E-state index is 0.0358. The van der Waals surface area contributed by atoms with Crippen LogP contribution in [0.25, 0.3) is 0 Å². The summed E-state index contributed by atoms with van der Waals surface area (Å²) in [4.78, 5) is 14.8. The molecular weight excluding hydrogens is 430 g/mol. The number of hydrogen-bond acceptors (Lipinski definition) is 6. The van der Waals surface area contributed by atoms with Crippen LogP contribution in [0.2, 0.25) is 0 Å². The van der Waals surface area contributed by atoms with E-state index >= 15 is 0 Å². The molecule has 3 rings (SSSR count).